The summed E-state index contributed by atoms with van der Waals surface area (Å²) in [6.45, 7) is 3.71. The van der Waals surface area contributed by atoms with E-state index in [9.17, 15) is 9.59 Å². The van der Waals surface area contributed by atoms with Crippen molar-refractivity contribution in [1.82, 2.24) is 0 Å². The molecule has 0 radical (unpaired) electrons. The molecule has 2 aromatic rings. The summed E-state index contributed by atoms with van der Waals surface area (Å²) in [5.41, 5.74) is 0.843. The Labute approximate surface area is 133 Å². The Kier molecular flexibility index (Phi) is 4.43. The number of nitrogens with zero attached hydrogens (tertiary/aromatic N) is 1. The van der Waals surface area contributed by atoms with Crippen molar-refractivity contribution >= 4 is 33.1 Å². The fourth-order valence-electron chi connectivity index (χ4n) is 2.90. The lowest BCUT2D eigenvalue weighted by atomic mass is 9.97. The van der Waals surface area contributed by atoms with E-state index in [0.717, 1.165) is 41.7 Å². The Balaban J connectivity index is 1.78. The monoisotopic (exact) mass is 317 g/mol. The molecule has 1 saturated heterocycles. The number of anilines is 1. The van der Waals surface area contributed by atoms with Crippen LogP contribution in [0.15, 0.2) is 34.4 Å². The van der Waals surface area contributed by atoms with E-state index in [1.807, 2.05) is 36.6 Å². The van der Waals surface area contributed by atoms with Gasteiger partial charge in [0.05, 0.1) is 18.2 Å². The van der Waals surface area contributed by atoms with Crippen molar-refractivity contribution < 1.29 is 9.53 Å². The quantitative estimate of drug-likeness (QED) is 0.816. The van der Waals surface area contributed by atoms with Gasteiger partial charge >= 0.3 is 5.97 Å². The van der Waals surface area contributed by atoms with Gasteiger partial charge in [-0.2, -0.15) is 0 Å². The van der Waals surface area contributed by atoms with Gasteiger partial charge in [-0.05, 0) is 31.9 Å². The molecule has 0 spiro atoms. The molecule has 0 unspecified atom stereocenters. The minimum absolute atomic E-state index is 0.0320. The fraction of sp³-hybridized carbons (Fsp3) is 0.412. The second kappa shape index (κ2) is 6.48. The van der Waals surface area contributed by atoms with Crippen molar-refractivity contribution in [2.24, 2.45) is 5.92 Å². The van der Waals surface area contributed by atoms with Crippen LogP contribution >= 0.6 is 11.3 Å². The number of rotatable bonds is 3. The molecular weight excluding hydrogens is 298 g/mol. The summed E-state index contributed by atoms with van der Waals surface area (Å²) in [7, 11) is 0. The second-order valence-corrected chi connectivity index (χ2v) is 6.37. The minimum atomic E-state index is -0.106. The number of esters is 1. The standard InChI is InChI=1S/C17H19NO3S/c1-2-21-17(20)12-7-9-18(10-8-12)14-11-22-15-6-4-3-5-13(15)16(14)19/h3-6,11-12H,2,7-10H2,1H3. The van der Waals surface area contributed by atoms with Gasteiger partial charge in [-0.15, -0.1) is 11.3 Å². The van der Waals surface area contributed by atoms with Crippen LogP contribution in [0.2, 0.25) is 0 Å². The van der Waals surface area contributed by atoms with E-state index in [1.165, 1.54) is 0 Å². The third-order valence-electron chi connectivity index (χ3n) is 4.12. The van der Waals surface area contributed by atoms with Crippen LogP contribution in [-0.2, 0) is 9.53 Å². The molecule has 0 amide bonds. The van der Waals surface area contributed by atoms with E-state index in [4.69, 9.17) is 4.74 Å². The van der Waals surface area contributed by atoms with Gasteiger partial charge in [0.15, 0.2) is 0 Å². The van der Waals surface area contributed by atoms with Gasteiger partial charge in [0.1, 0.15) is 0 Å². The number of fused-ring (bicyclic) bond motifs is 1. The van der Waals surface area contributed by atoms with Crippen molar-refractivity contribution in [2.45, 2.75) is 19.8 Å². The number of benzene rings is 1. The molecule has 1 aromatic heterocycles. The van der Waals surface area contributed by atoms with E-state index in [2.05, 4.69) is 4.90 Å². The summed E-state index contributed by atoms with van der Waals surface area (Å²) >= 11 is 1.59. The second-order valence-electron chi connectivity index (χ2n) is 5.46. The first-order valence-corrected chi connectivity index (χ1v) is 8.50. The zero-order valence-electron chi connectivity index (χ0n) is 12.6. The Morgan fingerprint density at radius 2 is 2.05 bits per heavy atom. The number of hydrogen-bond donors (Lipinski definition) is 0. The highest BCUT2D eigenvalue weighted by molar-refractivity contribution is 7.16. The van der Waals surface area contributed by atoms with Crippen LogP contribution in [0.5, 0.6) is 0 Å². The van der Waals surface area contributed by atoms with E-state index < -0.39 is 0 Å². The summed E-state index contributed by atoms with van der Waals surface area (Å²) in [5.74, 6) is -0.138. The van der Waals surface area contributed by atoms with Crippen LogP contribution in [0.25, 0.3) is 10.1 Å². The molecule has 22 heavy (non-hydrogen) atoms. The van der Waals surface area contributed by atoms with Gasteiger partial charge in [-0.1, -0.05) is 12.1 Å². The normalized spacial score (nSPS) is 16.0. The Morgan fingerprint density at radius 3 is 2.77 bits per heavy atom. The molecule has 1 aromatic carbocycles. The zero-order valence-corrected chi connectivity index (χ0v) is 13.4. The Hall–Kier alpha value is -1.88. The molecular formula is C17H19NO3S. The number of ether oxygens (including phenoxy) is 1. The highest BCUT2D eigenvalue weighted by atomic mass is 32.1. The molecule has 5 heteroatoms. The first-order chi connectivity index (χ1) is 10.7. The summed E-state index contributed by atoms with van der Waals surface area (Å²) < 4.78 is 6.10. The molecule has 2 heterocycles. The lowest BCUT2D eigenvalue weighted by molar-refractivity contribution is -0.148. The molecule has 1 fully saturated rings. The van der Waals surface area contributed by atoms with E-state index in [1.54, 1.807) is 11.3 Å². The maximum atomic E-state index is 12.6. The van der Waals surface area contributed by atoms with E-state index in [-0.39, 0.29) is 17.3 Å². The van der Waals surface area contributed by atoms with Gasteiger partial charge in [0, 0.05) is 28.6 Å². The molecule has 0 aliphatic carbocycles. The molecule has 1 aliphatic heterocycles. The maximum absolute atomic E-state index is 12.6. The Morgan fingerprint density at radius 1 is 1.32 bits per heavy atom. The van der Waals surface area contributed by atoms with Gasteiger partial charge in [-0.3, -0.25) is 9.59 Å². The summed E-state index contributed by atoms with van der Waals surface area (Å²) in [4.78, 5) is 26.5. The summed E-state index contributed by atoms with van der Waals surface area (Å²) in [5, 5.41) is 2.72. The Bertz CT molecular complexity index is 732. The largest absolute Gasteiger partial charge is 0.466 e. The molecule has 0 bridgehead atoms. The van der Waals surface area contributed by atoms with Gasteiger partial charge in [-0.25, -0.2) is 0 Å². The van der Waals surface area contributed by atoms with Gasteiger partial charge in [0.25, 0.3) is 0 Å². The lowest BCUT2D eigenvalue weighted by Gasteiger charge is -2.32. The average molecular weight is 317 g/mol. The van der Waals surface area contributed by atoms with Crippen LogP contribution in [0.3, 0.4) is 0 Å². The van der Waals surface area contributed by atoms with E-state index in [0.29, 0.717) is 6.61 Å². The van der Waals surface area contributed by atoms with Crippen LogP contribution in [-0.4, -0.2) is 25.7 Å². The number of carbonyl (C=O) groups excluding carboxylic acids is 1. The predicted octanol–water partition coefficient (Wildman–Crippen LogP) is 3.04. The molecule has 1 aliphatic rings. The highest BCUT2D eigenvalue weighted by Gasteiger charge is 2.27. The number of piperidine rings is 1. The SMILES string of the molecule is CCOC(=O)C1CCN(c2csc3ccccc3c2=O)CC1. The van der Waals surface area contributed by atoms with Crippen LogP contribution < -0.4 is 10.3 Å². The van der Waals surface area contributed by atoms with E-state index >= 15 is 0 Å². The first kappa shape index (κ1) is 15.0. The lowest BCUT2D eigenvalue weighted by Crippen LogP contribution is -2.38. The predicted molar refractivity (Wildman–Crippen MR) is 89.7 cm³/mol. The zero-order chi connectivity index (χ0) is 15.5. The minimum Gasteiger partial charge on any atom is -0.466 e. The molecule has 0 N–H and O–H groups in total. The fourth-order valence-corrected chi connectivity index (χ4v) is 3.84. The highest BCUT2D eigenvalue weighted by Crippen LogP contribution is 2.25. The van der Waals surface area contributed by atoms with Gasteiger partial charge in [0.2, 0.25) is 5.43 Å². The first-order valence-electron chi connectivity index (χ1n) is 7.63. The molecule has 3 rings (SSSR count). The van der Waals surface area contributed by atoms with Crippen LogP contribution in [0.4, 0.5) is 5.69 Å². The van der Waals surface area contributed by atoms with Crippen molar-refractivity contribution in [3.63, 3.8) is 0 Å². The topological polar surface area (TPSA) is 46.6 Å². The van der Waals surface area contributed by atoms with Crippen LogP contribution in [0, 0.1) is 5.92 Å². The average Bonchev–Trinajstić information content (AvgIpc) is 2.56. The smallest absolute Gasteiger partial charge is 0.309 e. The number of carbonyl (C=O) groups is 1. The third kappa shape index (κ3) is 2.86. The molecule has 116 valence electrons. The molecule has 4 nitrogen and oxygen atoms in total. The van der Waals surface area contributed by atoms with Crippen molar-refractivity contribution in [2.75, 3.05) is 24.6 Å². The molecule has 0 saturated carbocycles. The maximum Gasteiger partial charge on any atom is 0.309 e. The van der Waals surface area contributed by atoms with Crippen molar-refractivity contribution in [3.8, 4) is 0 Å². The summed E-state index contributed by atoms with van der Waals surface area (Å²) in [6.07, 6.45) is 1.49. The summed E-state index contributed by atoms with van der Waals surface area (Å²) in [6, 6.07) is 7.69. The van der Waals surface area contributed by atoms with Crippen molar-refractivity contribution in [1.29, 1.82) is 0 Å². The van der Waals surface area contributed by atoms with Crippen LogP contribution in [0.1, 0.15) is 19.8 Å². The van der Waals surface area contributed by atoms with Gasteiger partial charge < -0.3 is 9.64 Å². The molecule has 0 atom stereocenters. The number of hydrogen-bond acceptors (Lipinski definition) is 5. The third-order valence-corrected chi connectivity index (χ3v) is 5.07. The van der Waals surface area contributed by atoms with Crippen molar-refractivity contribution in [3.05, 3.63) is 39.9 Å².